The van der Waals surface area contributed by atoms with Crippen molar-refractivity contribution in [3.8, 4) is 0 Å². The number of likely N-dealkylation sites (N-methyl/N-ethyl adjacent to an activating group) is 1. The van der Waals surface area contributed by atoms with Gasteiger partial charge < -0.3 is 15.5 Å². The van der Waals surface area contributed by atoms with Gasteiger partial charge in [0.05, 0.1) is 0 Å². The zero-order chi connectivity index (χ0) is 18.8. The first-order valence-electron chi connectivity index (χ1n) is 8.13. The molecule has 0 aromatic heterocycles. The second kappa shape index (κ2) is 6.84. The van der Waals surface area contributed by atoms with Crippen molar-refractivity contribution >= 4 is 28.8 Å². The molecule has 1 aliphatic carbocycles. The summed E-state index contributed by atoms with van der Waals surface area (Å²) >= 11 is 0. The number of fused-ring (bicyclic) bond motifs is 1. The Labute approximate surface area is 151 Å². The lowest BCUT2D eigenvalue weighted by molar-refractivity contribution is -0.114. The number of rotatable bonds is 4. The van der Waals surface area contributed by atoms with Gasteiger partial charge in [-0.1, -0.05) is 24.3 Å². The van der Waals surface area contributed by atoms with E-state index in [4.69, 9.17) is 0 Å². The lowest BCUT2D eigenvalue weighted by atomic mass is 9.89. The molecule has 26 heavy (non-hydrogen) atoms. The summed E-state index contributed by atoms with van der Waals surface area (Å²) in [7, 11) is 3.46. The predicted octanol–water partition coefficient (Wildman–Crippen LogP) is 2.91. The third kappa shape index (κ3) is 3.21. The van der Waals surface area contributed by atoms with E-state index in [2.05, 4.69) is 10.6 Å². The molecule has 0 bridgehead atoms. The van der Waals surface area contributed by atoms with Gasteiger partial charge in [-0.3, -0.25) is 14.4 Å². The molecule has 0 aliphatic heterocycles. The molecule has 0 fully saturated rings. The fourth-order valence-corrected chi connectivity index (χ4v) is 2.89. The summed E-state index contributed by atoms with van der Waals surface area (Å²) in [6.07, 6.45) is 0. The fraction of sp³-hybridized carbons (Fsp3) is 0.150. The zero-order valence-corrected chi connectivity index (χ0v) is 14.8. The van der Waals surface area contributed by atoms with Crippen LogP contribution in [-0.2, 0) is 4.79 Å². The molecule has 1 amide bonds. The largest absolute Gasteiger partial charge is 0.373 e. The van der Waals surface area contributed by atoms with E-state index in [0.717, 1.165) is 0 Å². The Hall–Kier alpha value is -3.41. The van der Waals surface area contributed by atoms with Crippen molar-refractivity contribution in [2.24, 2.45) is 0 Å². The summed E-state index contributed by atoms with van der Waals surface area (Å²) in [5.41, 5.74) is 2.66. The normalized spacial score (nSPS) is 13.3. The predicted molar refractivity (Wildman–Crippen MR) is 100 cm³/mol. The first kappa shape index (κ1) is 17.4. The van der Waals surface area contributed by atoms with Gasteiger partial charge in [-0.15, -0.1) is 0 Å². The third-order valence-electron chi connectivity index (χ3n) is 4.02. The number of Topliss-reactive ketones (excluding diaryl/α,β-unsaturated/α-hetero) is 2. The number of nitrogens with one attached hydrogen (secondary N) is 2. The van der Waals surface area contributed by atoms with Crippen molar-refractivity contribution in [2.75, 3.05) is 24.7 Å². The lowest BCUT2D eigenvalue weighted by Gasteiger charge is -2.26. The number of allylic oxidation sites excluding steroid dienone is 2. The molecule has 0 unspecified atom stereocenters. The Kier molecular flexibility index (Phi) is 4.58. The van der Waals surface area contributed by atoms with Gasteiger partial charge >= 0.3 is 0 Å². The molecule has 2 aromatic carbocycles. The van der Waals surface area contributed by atoms with Crippen LogP contribution in [0.25, 0.3) is 0 Å². The Morgan fingerprint density at radius 3 is 1.92 bits per heavy atom. The van der Waals surface area contributed by atoms with E-state index in [-0.39, 0.29) is 23.2 Å². The summed E-state index contributed by atoms with van der Waals surface area (Å²) in [6, 6.07) is 13.7. The molecule has 0 saturated heterocycles. The minimum absolute atomic E-state index is 0.159. The first-order valence-corrected chi connectivity index (χ1v) is 8.13. The molecule has 2 aromatic rings. The highest BCUT2D eigenvalue weighted by molar-refractivity contribution is 6.27. The minimum Gasteiger partial charge on any atom is -0.373 e. The molecular formula is C20H19N3O3. The number of nitrogens with zero attached hydrogens (tertiary/aromatic N) is 1. The maximum absolute atomic E-state index is 12.9. The van der Waals surface area contributed by atoms with Crippen LogP contribution in [0.3, 0.4) is 0 Å². The zero-order valence-electron chi connectivity index (χ0n) is 14.8. The van der Waals surface area contributed by atoms with Crippen LogP contribution in [0.5, 0.6) is 0 Å². The number of anilines is 2. The standard InChI is InChI=1S/C20H19N3O3/c1-12(24)21-13-8-10-14(11-9-13)22-17-18(23(2)3)20(26)16-7-5-4-6-15(16)19(17)25/h4-11,22H,1-3H3,(H,21,24). The quantitative estimate of drug-likeness (QED) is 0.887. The van der Waals surface area contributed by atoms with E-state index in [0.29, 0.717) is 28.2 Å². The molecule has 0 spiro atoms. The third-order valence-corrected chi connectivity index (χ3v) is 4.02. The van der Waals surface area contributed by atoms with Crippen molar-refractivity contribution in [1.82, 2.24) is 4.90 Å². The first-order chi connectivity index (χ1) is 12.4. The summed E-state index contributed by atoms with van der Waals surface area (Å²) in [5, 5.41) is 5.75. The van der Waals surface area contributed by atoms with E-state index in [1.165, 1.54) is 6.92 Å². The summed E-state index contributed by atoms with van der Waals surface area (Å²) in [6.45, 7) is 1.43. The molecule has 1 aliphatic rings. The second-order valence-corrected chi connectivity index (χ2v) is 6.21. The van der Waals surface area contributed by atoms with Gasteiger partial charge in [-0.05, 0) is 24.3 Å². The van der Waals surface area contributed by atoms with Crippen molar-refractivity contribution in [3.05, 3.63) is 71.1 Å². The lowest BCUT2D eigenvalue weighted by Crippen LogP contribution is -2.32. The van der Waals surface area contributed by atoms with Gasteiger partial charge in [0, 0.05) is 43.5 Å². The molecule has 3 rings (SSSR count). The minimum atomic E-state index is -0.227. The van der Waals surface area contributed by atoms with E-state index in [1.807, 2.05) is 0 Å². The van der Waals surface area contributed by atoms with Crippen molar-refractivity contribution in [2.45, 2.75) is 6.92 Å². The molecule has 2 N–H and O–H groups in total. The molecule has 6 heteroatoms. The number of ketones is 2. The monoisotopic (exact) mass is 349 g/mol. The van der Waals surface area contributed by atoms with Crippen molar-refractivity contribution in [1.29, 1.82) is 0 Å². The van der Waals surface area contributed by atoms with Gasteiger partial charge in [0.25, 0.3) is 0 Å². The van der Waals surface area contributed by atoms with Crippen LogP contribution in [0.15, 0.2) is 59.9 Å². The van der Waals surface area contributed by atoms with Crippen LogP contribution in [0, 0.1) is 0 Å². The SMILES string of the molecule is CC(=O)Nc1ccc(NC2=C(N(C)C)C(=O)c3ccccc3C2=O)cc1. The second-order valence-electron chi connectivity index (χ2n) is 6.21. The highest BCUT2D eigenvalue weighted by Gasteiger charge is 2.33. The van der Waals surface area contributed by atoms with Gasteiger partial charge in [-0.2, -0.15) is 0 Å². The van der Waals surface area contributed by atoms with Crippen molar-refractivity contribution in [3.63, 3.8) is 0 Å². The maximum atomic E-state index is 12.9. The highest BCUT2D eigenvalue weighted by atomic mass is 16.1. The molecule has 0 heterocycles. The van der Waals surface area contributed by atoms with Gasteiger partial charge in [0.1, 0.15) is 11.4 Å². The van der Waals surface area contributed by atoms with E-state index in [9.17, 15) is 14.4 Å². The Balaban J connectivity index is 1.98. The number of hydrogen-bond acceptors (Lipinski definition) is 5. The fourth-order valence-electron chi connectivity index (χ4n) is 2.89. The van der Waals surface area contributed by atoms with E-state index >= 15 is 0 Å². The molecular weight excluding hydrogens is 330 g/mol. The van der Waals surface area contributed by atoms with Crippen LogP contribution in [0.1, 0.15) is 27.6 Å². The summed E-state index contributed by atoms with van der Waals surface area (Å²) in [4.78, 5) is 38.5. The van der Waals surface area contributed by atoms with E-state index in [1.54, 1.807) is 67.5 Å². The van der Waals surface area contributed by atoms with Gasteiger partial charge in [0.2, 0.25) is 17.5 Å². The smallest absolute Gasteiger partial charge is 0.221 e. The van der Waals surface area contributed by atoms with Gasteiger partial charge in [-0.25, -0.2) is 0 Å². The number of carbonyl (C=O) groups is 3. The molecule has 0 atom stereocenters. The number of carbonyl (C=O) groups excluding carboxylic acids is 3. The van der Waals surface area contributed by atoms with Crippen LogP contribution >= 0.6 is 0 Å². The Bertz CT molecular complexity index is 928. The number of hydrogen-bond donors (Lipinski definition) is 2. The van der Waals surface area contributed by atoms with Gasteiger partial charge in [0.15, 0.2) is 0 Å². The maximum Gasteiger partial charge on any atom is 0.221 e. The number of benzene rings is 2. The highest BCUT2D eigenvalue weighted by Crippen LogP contribution is 2.28. The molecule has 132 valence electrons. The molecule has 6 nitrogen and oxygen atoms in total. The Morgan fingerprint density at radius 1 is 0.846 bits per heavy atom. The average molecular weight is 349 g/mol. The number of amides is 1. The summed E-state index contributed by atoms with van der Waals surface area (Å²) in [5.74, 6) is -0.578. The Morgan fingerprint density at radius 2 is 1.38 bits per heavy atom. The van der Waals surface area contributed by atoms with Crippen molar-refractivity contribution < 1.29 is 14.4 Å². The molecule has 0 saturated carbocycles. The topological polar surface area (TPSA) is 78.5 Å². The van der Waals surface area contributed by atoms with Crippen LogP contribution in [-0.4, -0.2) is 36.5 Å². The summed E-state index contributed by atoms with van der Waals surface area (Å²) < 4.78 is 0. The van der Waals surface area contributed by atoms with E-state index < -0.39 is 0 Å². The molecule has 0 radical (unpaired) electrons. The van der Waals surface area contributed by atoms with Crippen LogP contribution < -0.4 is 10.6 Å². The van der Waals surface area contributed by atoms with Crippen LogP contribution in [0.4, 0.5) is 11.4 Å². The average Bonchev–Trinajstić information content (AvgIpc) is 2.60. The van der Waals surface area contributed by atoms with Crippen LogP contribution in [0.2, 0.25) is 0 Å².